The fraction of sp³-hybridized carbons (Fsp3) is 0.267. The zero-order valence-electron chi connectivity index (χ0n) is 12.9. The molecule has 1 aromatic carbocycles. The molecular weight excluding hydrogens is 308 g/mol. The van der Waals surface area contributed by atoms with Crippen LogP contribution in [0.2, 0.25) is 0 Å². The molecule has 1 aliphatic heterocycles. The van der Waals surface area contributed by atoms with Crippen molar-refractivity contribution < 1.29 is 4.74 Å². The second kappa shape index (κ2) is 6.20. The second-order valence-corrected chi connectivity index (χ2v) is 5.38. The van der Waals surface area contributed by atoms with Gasteiger partial charge in [-0.05, 0) is 6.07 Å². The van der Waals surface area contributed by atoms with E-state index in [9.17, 15) is 0 Å². The summed E-state index contributed by atoms with van der Waals surface area (Å²) in [5, 5.41) is 25.3. The van der Waals surface area contributed by atoms with Gasteiger partial charge in [0.15, 0.2) is 11.5 Å². The number of aromatic amines is 1. The molecule has 1 saturated heterocycles. The van der Waals surface area contributed by atoms with Gasteiger partial charge in [-0.25, -0.2) is 0 Å². The first-order valence-electron chi connectivity index (χ1n) is 7.60. The Bertz CT molecular complexity index is 879. The third-order valence-corrected chi connectivity index (χ3v) is 3.88. The summed E-state index contributed by atoms with van der Waals surface area (Å²) < 4.78 is 5.37. The number of anilines is 2. The lowest BCUT2D eigenvalue weighted by Gasteiger charge is -2.26. The Morgan fingerprint density at radius 1 is 1.12 bits per heavy atom. The molecule has 0 radical (unpaired) electrons. The molecule has 0 atom stereocenters. The predicted molar refractivity (Wildman–Crippen MR) is 89.7 cm³/mol. The highest BCUT2D eigenvalue weighted by molar-refractivity contribution is 5.91. The number of hydrogen-bond acceptors (Lipinski definition) is 8. The van der Waals surface area contributed by atoms with Crippen molar-refractivity contribution in [3.63, 3.8) is 0 Å². The summed E-state index contributed by atoms with van der Waals surface area (Å²) in [7, 11) is 0. The van der Waals surface area contributed by atoms with Crippen molar-refractivity contribution in [2.75, 3.05) is 36.9 Å². The number of hydrogen-bond donors (Lipinski definition) is 2. The molecule has 1 fully saturated rings. The van der Waals surface area contributed by atoms with Gasteiger partial charge in [0, 0.05) is 23.9 Å². The highest BCUT2D eigenvalue weighted by Gasteiger charge is 2.20. The molecular formula is C15H16N8O. The van der Waals surface area contributed by atoms with Crippen LogP contribution < -0.4 is 10.6 Å². The first-order chi connectivity index (χ1) is 11.8. The Labute approximate surface area is 137 Å². The molecule has 0 saturated carbocycles. The van der Waals surface area contributed by atoms with Gasteiger partial charge in [0.25, 0.3) is 0 Å². The molecule has 24 heavy (non-hydrogen) atoms. The Morgan fingerprint density at radius 2 is 1.96 bits per heavy atom. The molecule has 0 amide bonds. The van der Waals surface area contributed by atoms with E-state index in [1.165, 1.54) is 0 Å². The van der Waals surface area contributed by atoms with Crippen LogP contribution in [0.15, 0.2) is 40.8 Å². The van der Waals surface area contributed by atoms with Gasteiger partial charge in [0.2, 0.25) is 0 Å². The van der Waals surface area contributed by atoms with E-state index in [0.29, 0.717) is 36.2 Å². The highest BCUT2D eigenvalue weighted by Crippen LogP contribution is 2.34. The monoisotopic (exact) mass is 324 g/mol. The van der Waals surface area contributed by atoms with Crippen molar-refractivity contribution in [2.45, 2.75) is 0 Å². The molecule has 0 bridgehead atoms. The summed E-state index contributed by atoms with van der Waals surface area (Å²) in [6.07, 6.45) is 3.37. The number of nitrogen functional groups attached to an aromatic ring is 1. The maximum atomic E-state index is 5.97. The number of nitrogens with two attached hydrogens (primary N) is 1. The number of nitrogens with zero attached hydrogens (tertiary/aromatic N) is 6. The third kappa shape index (κ3) is 2.65. The number of azo groups is 1. The first-order valence-corrected chi connectivity index (χ1v) is 7.60. The van der Waals surface area contributed by atoms with Crippen LogP contribution in [-0.2, 0) is 4.74 Å². The SMILES string of the molecule is Nc1[nH]nc(N2CCOCC2)c1N=Nc1cccc2cnncc12. The fourth-order valence-corrected chi connectivity index (χ4v) is 2.64. The predicted octanol–water partition coefficient (Wildman–Crippen LogP) is 2.19. The third-order valence-electron chi connectivity index (χ3n) is 3.88. The van der Waals surface area contributed by atoms with Crippen LogP contribution in [0.4, 0.5) is 23.0 Å². The average Bonchev–Trinajstić information content (AvgIpc) is 3.01. The summed E-state index contributed by atoms with van der Waals surface area (Å²) in [4.78, 5) is 2.08. The van der Waals surface area contributed by atoms with Crippen molar-refractivity contribution in [1.29, 1.82) is 0 Å². The van der Waals surface area contributed by atoms with E-state index in [2.05, 4.69) is 35.5 Å². The minimum Gasteiger partial charge on any atom is -0.382 e. The van der Waals surface area contributed by atoms with Crippen LogP contribution in [0, 0.1) is 0 Å². The van der Waals surface area contributed by atoms with Gasteiger partial charge in [-0.15, -0.1) is 10.2 Å². The summed E-state index contributed by atoms with van der Waals surface area (Å²) in [6.45, 7) is 2.81. The molecule has 3 heterocycles. The van der Waals surface area contributed by atoms with Crippen LogP contribution in [-0.4, -0.2) is 46.7 Å². The Hall–Kier alpha value is -3.07. The summed E-state index contributed by atoms with van der Waals surface area (Å²) in [5.74, 6) is 1.08. The van der Waals surface area contributed by atoms with Gasteiger partial charge in [-0.2, -0.15) is 15.3 Å². The highest BCUT2D eigenvalue weighted by atomic mass is 16.5. The topological polar surface area (TPSA) is 118 Å². The first kappa shape index (κ1) is 14.5. The number of H-pyrrole nitrogens is 1. The van der Waals surface area contributed by atoms with Crippen LogP contribution >= 0.6 is 0 Å². The molecule has 0 aliphatic carbocycles. The molecule has 1 aliphatic rings. The number of nitrogens with one attached hydrogen (secondary N) is 1. The second-order valence-electron chi connectivity index (χ2n) is 5.38. The normalized spacial score (nSPS) is 15.4. The van der Waals surface area contributed by atoms with E-state index in [0.717, 1.165) is 23.9 Å². The zero-order valence-corrected chi connectivity index (χ0v) is 12.9. The van der Waals surface area contributed by atoms with Gasteiger partial charge < -0.3 is 15.4 Å². The molecule has 0 spiro atoms. The largest absolute Gasteiger partial charge is 0.382 e. The fourth-order valence-electron chi connectivity index (χ4n) is 2.64. The van der Waals surface area contributed by atoms with Crippen molar-refractivity contribution in [3.05, 3.63) is 30.6 Å². The maximum absolute atomic E-state index is 5.97. The van der Waals surface area contributed by atoms with Gasteiger partial charge in [-0.1, -0.05) is 12.1 Å². The van der Waals surface area contributed by atoms with Crippen molar-refractivity contribution in [3.8, 4) is 0 Å². The van der Waals surface area contributed by atoms with Crippen LogP contribution in [0.3, 0.4) is 0 Å². The number of morpholine rings is 1. The minimum absolute atomic E-state index is 0.389. The lowest BCUT2D eigenvalue weighted by atomic mass is 10.2. The molecule has 122 valence electrons. The van der Waals surface area contributed by atoms with Gasteiger partial charge in [0.05, 0.1) is 31.3 Å². The van der Waals surface area contributed by atoms with Gasteiger partial charge >= 0.3 is 0 Å². The smallest absolute Gasteiger partial charge is 0.180 e. The van der Waals surface area contributed by atoms with Crippen LogP contribution in [0.5, 0.6) is 0 Å². The van der Waals surface area contributed by atoms with E-state index < -0.39 is 0 Å². The molecule has 3 N–H and O–H groups in total. The lowest BCUT2D eigenvalue weighted by Crippen LogP contribution is -2.36. The van der Waals surface area contributed by atoms with E-state index >= 15 is 0 Å². The van der Waals surface area contributed by atoms with E-state index in [4.69, 9.17) is 10.5 Å². The Balaban J connectivity index is 1.69. The standard InChI is InChI=1S/C15H16N8O/c16-14-13(15(22-21-14)23-4-6-24-7-5-23)20-19-12-3-1-2-10-8-17-18-9-11(10)12/h1-3,8-9H,4-7H2,(H3,16,21,22). The van der Waals surface area contributed by atoms with Gasteiger partial charge in [0.1, 0.15) is 5.82 Å². The van der Waals surface area contributed by atoms with Crippen LogP contribution in [0.1, 0.15) is 0 Å². The average molecular weight is 324 g/mol. The van der Waals surface area contributed by atoms with Crippen molar-refractivity contribution in [1.82, 2.24) is 20.4 Å². The molecule has 9 heteroatoms. The molecule has 0 unspecified atom stereocenters. The number of fused-ring (bicyclic) bond motifs is 1. The van der Waals surface area contributed by atoms with E-state index in [1.54, 1.807) is 12.4 Å². The lowest BCUT2D eigenvalue weighted by molar-refractivity contribution is 0.122. The summed E-state index contributed by atoms with van der Waals surface area (Å²) >= 11 is 0. The Morgan fingerprint density at radius 3 is 2.83 bits per heavy atom. The maximum Gasteiger partial charge on any atom is 0.180 e. The quantitative estimate of drug-likeness (QED) is 0.713. The molecule has 2 aromatic heterocycles. The molecule has 3 aromatic rings. The Kier molecular flexibility index (Phi) is 3.75. The minimum atomic E-state index is 0.389. The summed E-state index contributed by atoms with van der Waals surface area (Å²) in [5.41, 5.74) is 7.22. The number of rotatable bonds is 3. The van der Waals surface area contributed by atoms with E-state index in [1.807, 2.05) is 18.2 Å². The number of ether oxygens (including phenoxy) is 1. The van der Waals surface area contributed by atoms with Crippen molar-refractivity contribution >= 4 is 33.8 Å². The van der Waals surface area contributed by atoms with Crippen molar-refractivity contribution in [2.24, 2.45) is 10.2 Å². The zero-order chi connectivity index (χ0) is 16.4. The molecule has 4 rings (SSSR count). The van der Waals surface area contributed by atoms with Gasteiger partial charge in [-0.3, -0.25) is 5.10 Å². The molecule has 9 nitrogen and oxygen atoms in total. The van der Waals surface area contributed by atoms with Crippen LogP contribution in [0.25, 0.3) is 10.8 Å². The number of benzene rings is 1. The van der Waals surface area contributed by atoms with E-state index in [-0.39, 0.29) is 0 Å². The summed E-state index contributed by atoms with van der Waals surface area (Å²) in [6, 6.07) is 5.73. The number of aromatic nitrogens is 4.